The lowest BCUT2D eigenvalue weighted by molar-refractivity contribution is 0.102. The standard InChI is InChI=1S/C19H19N3O/c1-2-15-8-10-18(11-9-15)21-19(23)17-12-20-22(14-17)13-16-6-4-3-5-7-16/h3-12,14H,2,13H2,1H3,(H,21,23). The number of nitrogens with one attached hydrogen (secondary N) is 1. The molecule has 0 saturated carbocycles. The number of anilines is 1. The maximum absolute atomic E-state index is 12.3. The summed E-state index contributed by atoms with van der Waals surface area (Å²) in [5.41, 5.74) is 3.75. The smallest absolute Gasteiger partial charge is 0.258 e. The molecule has 4 heteroatoms. The van der Waals surface area contributed by atoms with Crippen LogP contribution in [0.4, 0.5) is 5.69 Å². The Hall–Kier alpha value is -2.88. The van der Waals surface area contributed by atoms with Gasteiger partial charge < -0.3 is 5.32 Å². The van der Waals surface area contributed by atoms with E-state index in [0.717, 1.165) is 17.7 Å². The molecule has 1 amide bonds. The average molecular weight is 305 g/mol. The Morgan fingerprint density at radius 2 is 1.78 bits per heavy atom. The highest BCUT2D eigenvalue weighted by molar-refractivity contribution is 6.03. The zero-order chi connectivity index (χ0) is 16.1. The summed E-state index contributed by atoms with van der Waals surface area (Å²) in [4.78, 5) is 12.3. The van der Waals surface area contributed by atoms with Crippen LogP contribution in [0, 0.1) is 0 Å². The summed E-state index contributed by atoms with van der Waals surface area (Å²) in [6, 6.07) is 17.9. The lowest BCUT2D eigenvalue weighted by Gasteiger charge is -2.04. The fourth-order valence-electron chi connectivity index (χ4n) is 2.36. The number of amides is 1. The molecule has 0 aliphatic heterocycles. The highest BCUT2D eigenvalue weighted by Crippen LogP contribution is 2.12. The van der Waals surface area contributed by atoms with Gasteiger partial charge in [0.15, 0.2) is 0 Å². The maximum Gasteiger partial charge on any atom is 0.258 e. The summed E-state index contributed by atoms with van der Waals surface area (Å²) < 4.78 is 1.77. The van der Waals surface area contributed by atoms with Crippen LogP contribution >= 0.6 is 0 Å². The third kappa shape index (κ3) is 3.86. The van der Waals surface area contributed by atoms with E-state index >= 15 is 0 Å². The molecular formula is C19H19N3O. The van der Waals surface area contributed by atoms with Gasteiger partial charge in [-0.15, -0.1) is 0 Å². The zero-order valence-corrected chi connectivity index (χ0v) is 13.1. The quantitative estimate of drug-likeness (QED) is 0.780. The Bertz CT molecular complexity index is 776. The number of hydrogen-bond acceptors (Lipinski definition) is 2. The third-order valence-corrected chi connectivity index (χ3v) is 3.70. The first-order valence-electron chi connectivity index (χ1n) is 7.71. The third-order valence-electron chi connectivity index (χ3n) is 3.70. The predicted molar refractivity (Wildman–Crippen MR) is 91.5 cm³/mol. The molecule has 1 N–H and O–H groups in total. The summed E-state index contributed by atoms with van der Waals surface area (Å²) in [6.07, 6.45) is 4.35. The molecule has 1 heterocycles. The van der Waals surface area contributed by atoms with Crippen LogP contribution in [0.25, 0.3) is 0 Å². The molecule has 0 fully saturated rings. The topological polar surface area (TPSA) is 46.9 Å². The molecule has 0 saturated heterocycles. The van der Waals surface area contributed by atoms with Crippen LogP contribution in [-0.2, 0) is 13.0 Å². The van der Waals surface area contributed by atoms with Crippen molar-refractivity contribution in [2.75, 3.05) is 5.32 Å². The van der Waals surface area contributed by atoms with Crippen LogP contribution < -0.4 is 5.32 Å². The van der Waals surface area contributed by atoms with Crippen molar-refractivity contribution in [3.8, 4) is 0 Å². The van der Waals surface area contributed by atoms with Crippen LogP contribution in [0.2, 0.25) is 0 Å². The van der Waals surface area contributed by atoms with Gasteiger partial charge in [0.2, 0.25) is 0 Å². The van der Waals surface area contributed by atoms with Crippen molar-refractivity contribution in [3.05, 3.63) is 83.7 Å². The van der Waals surface area contributed by atoms with Gasteiger partial charge in [-0.1, -0.05) is 49.4 Å². The zero-order valence-electron chi connectivity index (χ0n) is 13.1. The van der Waals surface area contributed by atoms with Crippen molar-refractivity contribution >= 4 is 11.6 Å². The van der Waals surface area contributed by atoms with E-state index in [0.29, 0.717) is 12.1 Å². The van der Waals surface area contributed by atoms with Gasteiger partial charge in [0.1, 0.15) is 0 Å². The van der Waals surface area contributed by atoms with Crippen LogP contribution in [0.3, 0.4) is 0 Å². The number of hydrogen-bond donors (Lipinski definition) is 1. The Morgan fingerprint density at radius 1 is 1.04 bits per heavy atom. The van der Waals surface area contributed by atoms with E-state index in [1.54, 1.807) is 17.1 Å². The molecule has 0 unspecified atom stereocenters. The molecule has 0 bridgehead atoms. The van der Waals surface area contributed by atoms with Crippen LogP contribution in [0.1, 0.15) is 28.4 Å². The molecule has 0 aliphatic rings. The van der Waals surface area contributed by atoms with Crippen molar-refractivity contribution < 1.29 is 4.79 Å². The number of benzene rings is 2. The van der Waals surface area contributed by atoms with Crippen molar-refractivity contribution in [2.24, 2.45) is 0 Å². The van der Waals surface area contributed by atoms with E-state index in [1.165, 1.54) is 5.56 Å². The average Bonchev–Trinajstić information content (AvgIpc) is 3.05. The summed E-state index contributed by atoms with van der Waals surface area (Å²) in [7, 11) is 0. The van der Waals surface area contributed by atoms with Gasteiger partial charge in [0.05, 0.1) is 18.3 Å². The van der Waals surface area contributed by atoms with Gasteiger partial charge in [-0.25, -0.2) is 0 Å². The number of rotatable bonds is 5. The van der Waals surface area contributed by atoms with Crippen LogP contribution in [0.15, 0.2) is 67.0 Å². The van der Waals surface area contributed by atoms with Crippen molar-refractivity contribution in [1.82, 2.24) is 9.78 Å². The summed E-state index contributed by atoms with van der Waals surface area (Å²) in [6.45, 7) is 2.76. The second kappa shape index (κ2) is 6.92. The highest BCUT2D eigenvalue weighted by Gasteiger charge is 2.09. The Morgan fingerprint density at radius 3 is 2.48 bits per heavy atom. The molecule has 0 atom stereocenters. The minimum atomic E-state index is -0.145. The van der Waals surface area contributed by atoms with E-state index in [-0.39, 0.29) is 5.91 Å². The SMILES string of the molecule is CCc1ccc(NC(=O)c2cnn(Cc3ccccc3)c2)cc1. The van der Waals surface area contributed by atoms with Crippen molar-refractivity contribution in [1.29, 1.82) is 0 Å². The molecule has 0 spiro atoms. The van der Waals surface area contributed by atoms with E-state index in [2.05, 4.69) is 17.3 Å². The fourth-order valence-corrected chi connectivity index (χ4v) is 2.36. The van der Waals surface area contributed by atoms with Gasteiger partial charge in [-0.3, -0.25) is 9.48 Å². The first-order valence-corrected chi connectivity index (χ1v) is 7.71. The van der Waals surface area contributed by atoms with Gasteiger partial charge >= 0.3 is 0 Å². The molecule has 1 aromatic heterocycles. The van der Waals surface area contributed by atoms with Crippen molar-refractivity contribution in [2.45, 2.75) is 19.9 Å². The summed E-state index contributed by atoms with van der Waals surface area (Å²) in [5, 5.41) is 7.15. The number of carbonyl (C=O) groups excluding carboxylic acids is 1. The normalized spacial score (nSPS) is 10.5. The molecule has 0 aliphatic carbocycles. The molecule has 116 valence electrons. The van der Waals surface area contributed by atoms with Gasteiger partial charge in [0, 0.05) is 11.9 Å². The second-order valence-corrected chi connectivity index (χ2v) is 5.42. The van der Waals surface area contributed by atoms with Crippen LogP contribution in [-0.4, -0.2) is 15.7 Å². The fraction of sp³-hybridized carbons (Fsp3) is 0.158. The molecule has 3 rings (SSSR count). The van der Waals surface area contributed by atoms with Gasteiger partial charge in [0.25, 0.3) is 5.91 Å². The number of nitrogens with zero attached hydrogens (tertiary/aromatic N) is 2. The largest absolute Gasteiger partial charge is 0.322 e. The van der Waals surface area contributed by atoms with E-state index in [1.807, 2.05) is 54.6 Å². The van der Waals surface area contributed by atoms with Crippen LogP contribution in [0.5, 0.6) is 0 Å². The second-order valence-electron chi connectivity index (χ2n) is 5.42. The number of carbonyl (C=O) groups is 1. The monoisotopic (exact) mass is 305 g/mol. The maximum atomic E-state index is 12.3. The first kappa shape index (κ1) is 15.0. The number of aromatic nitrogens is 2. The predicted octanol–water partition coefficient (Wildman–Crippen LogP) is 3.75. The molecule has 2 aromatic carbocycles. The van der Waals surface area contributed by atoms with E-state index in [4.69, 9.17) is 0 Å². The molecular weight excluding hydrogens is 286 g/mol. The molecule has 4 nitrogen and oxygen atoms in total. The molecule has 23 heavy (non-hydrogen) atoms. The van der Waals surface area contributed by atoms with Crippen molar-refractivity contribution in [3.63, 3.8) is 0 Å². The minimum Gasteiger partial charge on any atom is -0.322 e. The lowest BCUT2D eigenvalue weighted by atomic mass is 10.1. The van der Waals surface area contributed by atoms with Gasteiger partial charge in [-0.05, 0) is 29.7 Å². The minimum absolute atomic E-state index is 0.145. The van der Waals surface area contributed by atoms with Gasteiger partial charge in [-0.2, -0.15) is 5.10 Å². The summed E-state index contributed by atoms with van der Waals surface area (Å²) >= 11 is 0. The highest BCUT2D eigenvalue weighted by atomic mass is 16.1. The Balaban J connectivity index is 1.66. The number of aryl methyl sites for hydroxylation is 1. The lowest BCUT2D eigenvalue weighted by Crippen LogP contribution is -2.11. The Kier molecular flexibility index (Phi) is 4.52. The molecule has 3 aromatic rings. The van der Waals surface area contributed by atoms with E-state index in [9.17, 15) is 4.79 Å². The van der Waals surface area contributed by atoms with E-state index < -0.39 is 0 Å². The molecule has 0 radical (unpaired) electrons. The first-order chi connectivity index (χ1) is 11.2. The Labute approximate surface area is 135 Å². The summed E-state index contributed by atoms with van der Waals surface area (Å²) in [5.74, 6) is -0.145.